The van der Waals surface area contributed by atoms with Crippen LogP contribution >= 0.6 is 24.0 Å². The fourth-order valence-corrected chi connectivity index (χ4v) is 4.57. The van der Waals surface area contributed by atoms with Gasteiger partial charge in [-0.05, 0) is 33.1 Å². The molecule has 1 saturated heterocycles. The summed E-state index contributed by atoms with van der Waals surface area (Å²) in [5, 5.41) is 6.98. The van der Waals surface area contributed by atoms with Crippen LogP contribution in [-0.4, -0.2) is 36.7 Å². The number of fused-ring (bicyclic) bond motifs is 2. The Balaban J connectivity index is 0.00000169. The van der Waals surface area contributed by atoms with Crippen LogP contribution in [0.3, 0.4) is 0 Å². The van der Waals surface area contributed by atoms with Crippen LogP contribution in [0.15, 0.2) is 9.41 Å². The Morgan fingerprint density at radius 3 is 2.75 bits per heavy atom. The molecule has 1 aliphatic heterocycles. The van der Waals surface area contributed by atoms with Crippen LogP contribution in [0.5, 0.6) is 0 Å². The second-order valence-corrected chi connectivity index (χ2v) is 7.13. The van der Waals surface area contributed by atoms with E-state index in [1.807, 2.05) is 20.9 Å². The van der Waals surface area contributed by atoms with Crippen LogP contribution in [-0.2, 0) is 11.3 Å². The van der Waals surface area contributed by atoms with Crippen molar-refractivity contribution in [1.29, 1.82) is 0 Å². The third-order valence-corrected chi connectivity index (χ3v) is 6.03. The third kappa shape index (κ3) is 2.73. The van der Waals surface area contributed by atoms with Crippen molar-refractivity contribution in [2.24, 2.45) is 16.3 Å². The minimum Gasteiger partial charge on any atom is -0.444 e. The number of rotatable bonds is 3. The van der Waals surface area contributed by atoms with E-state index >= 15 is 0 Å². The van der Waals surface area contributed by atoms with Crippen molar-refractivity contribution in [3.05, 3.63) is 17.3 Å². The minimum absolute atomic E-state index is 0. The molecule has 3 fully saturated rings. The molecule has 3 atom stereocenters. The highest BCUT2D eigenvalue weighted by atomic mass is 127. The molecular weight excluding hydrogens is 419 g/mol. The Morgan fingerprint density at radius 2 is 2.17 bits per heavy atom. The van der Waals surface area contributed by atoms with Gasteiger partial charge in [0.1, 0.15) is 5.76 Å². The Hall–Kier alpha value is -0.830. The molecule has 2 heterocycles. The van der Waals surface area contributed by atoms with Gasteiger partial charge in [0.15, 0.2) is 5.96 Å². The first-order chi connectivity index (χ1) is 11.1. The summed E-state index contributed by atoms with van der Waals surface area (Å²) in [4.78, 5) is 8.78. The van der Waals surface area contributed by atoms with Gasteiger partial charge in [-0.3, -0.25) is 4.99 Å². The summed E-state index contributed by atoms with van der Waals surface area (Å²) < 4.78 is 11.6. The van der Waals surface area contributed by atoms with Crippen molar-refractivity contribution in [3.63, 3.8) is 0 Å². The Labute approximate surface area is 160 Å². The molecule has 4 rings (SSSR count). The molecule has 134 valence electrons. The molecule has 0 radical (unpaired) electrons. The zero-order valence-corrected chi connectivity index (χ0v) is 16.9. The molecule has 2 saturated carbocycles. The van der Waals surface area contributed by atoms with Gasteiger partial charge < -0.3 is 19.8 Å². The van der Waals surface area contributed by atoms with E-state index < -0.39 is 0 Å². The quantitative estimate of drug-likeness (QED) is 0.424. The molecular formula is C17H27IN4O2. The fraction of sp³-hybridized carbons (Fsp3) is 0.765. The molecule has 3 aliphatic rings. The summed E-state index contributed by atoms with van der Waals surface area (Å²) >= 11 is 0. The fourth-order valence-electron chi connectivity index (χ4n) is 4.57. The molecule has 7 heteroatoms. The third-order valence-electron chi connectivity index (χ3n) is 6.03. The summed E-state index contributed by atoms with van der Waals surface area (Å²) in [5.74, 6) is 3.06. The van der Waals surface area contributed by atoms with Crippen LogP contribution < -0.4 is 10.6 Å². The molecule has 1 aromatic rings. The number of nitrogens with one attached hydrogen (secondary N) is 2. The number of guanidine groups is 1. The number of hydrogen-bond acceptors (Lipinski definition) is 4. The van der Waals surface area contributed by atoms with Gasteiger partial charge in [-0.2, -0.15) is 0 Å². The highest BCUT2D eigenvalue weighted by Gasteiger charge is 2.66. The van der Waals surface area contributed by atoms with Crippen molar-refractivity contribution in [2.75, 3.05) is 13.7 Å². The second kappa shape index (κ2) is 6.82. The number of ether oxygens (including phenoxy) is 1. The average Bonchev–Trinajstić information content (AvgIpc) is 3.03. The van der Waals surface area contributed by atoms with E-state index in [0.717, 1.165) is 24.0 Å². The normalized spacial score (nSPS) is 30.1. The zero-order valence-electron chi connectivity index (χ0n) is 14.6. The van der Waals surface area contributed by atoms with Gasteiger partial charge in [-0.1, -0.05) is 6.42 Å². The maximum atomic E-state index is 5.98. The van der Waals surface area contributed by atoms with Gasteiger partial charge in [-0.15, -0.1) is 24.0 Å². The summed E-state index contributed by atoms with van der Waals surface area (Å²) in [6.07, 6.45) is 5.52. The average molecular weight is 446 g/mol. The number of hydrogen-bond donors (Lipinski definition) is 2. The molecule has 0 amide bonds. The van der Waals surface area contributed by atoms with E-state index in [0.29, 0.717) is 35.9 Å². The maximum absolute atomic E-state index is 5.98. The first-order valence-corrected chi connectivity index (χ1v) is 8.66. The van der Waals surface area contributed by atoms with Gasteiger partial charge in [0.05, 0.1) is 18.3 Å². The number of oxazole rings is 1. The molecule has 0 aromatic carbocycles. The Bertz CT molecular complexity index is 607. The first-order valence-electron chi connectivity index (χ1n) is 8.66. The summed E-state index contributed by atoms with van der Waals surface area (Å²) in [7, 11) is 1.82. The first kappa shape index (κ1) is 18.0. The van der Waals surface area contributed by atoms with Gasteiger partial charge in [-0.25, -0.2) is 4.98 Å². The highest BCUT2D eigenvalue weighted by molar-refractivity contribution is 14.0. The number of aliphatic imine (C=N–C) groups is 1. The van der Waals surface area contributed by atoms with E-state index in [1.165, 1.54) is 25.7 Å². The lowest BCUT2D eigenvalue weighted by Gasteiger charge is -2.63. The van der Waals surface area contributed by atoms with Gasteiger partial charge in [0.25, 0.3) is 0 Å². The van der Waals surface area contributed by atoms with Crippen LogP contribution in [0.1, 0.15) is 43.0 Å². The molecule has 2 N–H and O–H groups in total. The van der Waals surface area contributed by atoms with E-state index in [9.17, 15) is 0 Å². The van der Waals surface area contributed by atoms with Crippen molar-refractivity contribution < 1.29 is 9.15 Å². The predicted octanol–water partition coefficient (Wildman–Crippen LogP) is 2.53. The maximum Gasteiger partial charge on any atom is 0.214 e. The predicted molar refractivity (Wildman–Crippen MR) is 103 cm³/mol. The van der Waals surface area contributed by atoms with Gasteiger partial charge in [0.2, 0.25) is 5.89 Å². The zero-order chi connectivity index (χ0) is 16.0. The summed E-state index contributed by atoms with van der Waals surface area (Å²) in [5.41, 5.74) is 1.30. The lowest BCUT2D eigenvalue weighted by atomic mass is 9.46. The Morgan fingerprint density at radius 1 is 1.38 bits per heavy atom. The van der Waals surface area contributed by atoms with Crippen LogP contribution in [0.2, 0.25) is 0 Å². The Kier molecular flexibility index (Phi) is 5.11. The molecule has 24 heavy (non-hydrogen) atoms. The van der Waals surface area contributed by atoms with Crippen LogP contribution in [0.25, 0.3) is 0 Å². The smallest absolute Gasteiger partial charge is 0.214 e. The van der Waals surface area contributed by atoms with Gasteiger partial charge >= 0.3 is 0 Å². The number of halogens is 1. The van der Waals surface area contributed by atoms with Crippen molar-refractivity contribution >= 4 is 29.9 Å². The standard InChI is InChI=1S/C17H26N4O2.HI/c1-10-11(2)23-13(20-10)9-19-16(18-3)21-14-12-5-8-22-15(12)17(14)6-4-7-17;/h12,14-15H,4-9H2,1-3H3,(H2,18,19,21);1H. The van der Waals surface area contributed by atoms with E-state index in [-0.39, 0.29) is 24.0 Å². The number of aromatic nitrogens is 1. The summed E-state index contributed by atoms with van der Waals surface area (Å²) in [6, 6.07) is 0.489. The lowest BCUT2D eigenvalue weighted by Crippen LogP contribution is -2.72. The molecule has 1 spiro atoms. The van der Waals surface area contributed by atoms with Crippen LogP contribution in [0, 0.1) is 25.2 Å². The lowest BCUT2D eigenvalue weighted by molar-refractivity contribution is -0.171. The minimum atomic E-state index is 0. The monoisotopic (exact) mass is 446 g/mol. The number of aryl methyl sites for hydroxylation is 2. The topological polar surface area (TPSA) is 71.7 Å². The molecule has 1 aromatic heterocycles. The molecule has 6 nitrogen and oxygen atoms in total. The van der Waals surface area contributed by atoms with Crippen LogP contribution in [0.4, 0.5) is 0 Å². The van der Waals surface area contributed by atoms with Gasteiger partial charge in [0, 0.05) is 31.0 Å². The van der Waals surface area contributed by atoms with E-state index in [2.05, 4.69) is 20.6 Å². The van der Waals surface area contributed by atoms with Crippen molar-refractivity contribution in [1.82, 2.24) is 15.6 Å². The SMILES string of the molecule is CN=C(NCc1nc(C)c(C)o1)NC1C2CCOC2C12CCC2.I. The van der Waals surface area contributed by atoms with Crippen molar-refractivity contribution in [2.45, 2.75) is 58.2 Å². The molecule has 0 bridgehead atoms. The number of nitrogens with zero attached hydrogens (tertiary/aromatic N) is 2. The largest absolute Gasteiger partial charge is 0.444 e. The van der Waals surface area contributed by atoms with Crippen molar-refractivity contribution in [3.8, 4) is 0 Å². The second-order valence-electron chi connectivity index (χ2n) is 7.13. The summed E-state index contributed by atoms with van der Waals surface area (Å²) in [6.45, 7) is 5.37. The molecule has 3 unspecified atom stereocenters. The molecule has 2 aliphatic carbocycles. The van der Waals surface area contributed by atoms with E-state index in [1.54, 1.807) is 0 Å². The highest BCUT2D eigenvalue weighted by Crippen LogP contribution is 2.62. The van der Waals surface area contributed by atoms with E-state index in [4.69, 9.17) is 9.15 Å².